The van der Waals surface area contributed by atoms with Crippen molar-refractivity contribution in [3.8, 4) is 0 Å². The van der Waals surface area contributed by atoms with E-state index in [4.69, 9.17) is 11.6 Å². The second-order valence-electron chi connectivity index (χ2n) is 2.28. The molecule has 0 unspecified atom stereocenters. The van der Waals surface area contributed by atoms with Crippen molar-refractivity contribution >= 4 is 23.4 Å². The first kappa shape index (κ1) is 10.7. The molecule has 0 nitrogen and oxygen atoms in total. The summed E-state index contributed by atoms with van der Waals surface area (Å²) in [6, 6.07) is 4.48. The zero-order valence-corrected chi connectivity index (χ0v) is 8.15. The van der Waals surface area contributed by atoms with Crippen LogP contribution in [0.3, 0.4) is 0 Å². The lowest BCUT2D eigenvalue weighted by molar-refractivity contribution is -0.137. The van der Waals surface area contributed by atoms with Gasteiger partial charge in [0.25, 0.3) is 0 Å². The van der Waals surface area contributed by atoms with Crippen LogP contribution in [0.2, 0.25) is 5.02 Å². The molecule has 71 valence electrons. The molecule has 0 atom stereocenters. The molecule has 1 radical (unpaired) electrons. The predicted molar refractivity (Wildman–Crippen MR) is 47.1 cm³/mol. The number of hydrogen-bond acceptors (Lipinski definition) is 1. The highest BCUT2D eigenvalue weighted by molar-refractivity contribution is 7.98. The van der Waals surface area contributed by atoms with Gasteiger partial charge in [-0.3, -0.25) is 0 Å². The summed E-state index contributed by atoms with van der Waals surface area (Å²) in [5.41, 5.74) is -0.736. The fourth-order valence-electron chi connectivity index (χ4n) is 0.783. The maximum absolute atomic E-state index is 12.2. The van der Waals surface area contributed by atoms with Gasteiger partial charge in [-0.1, -0.05) is 11.6 Å². The Labute approximate surface area is 83.1 Å². The highest BCUT2D eigenvalue weighted by Gasteiger charge is 2.31. The Balaban J connectivity index is 3.16. The van der Waals surface area contributed by atoms with Crippen LogP contribution in [0.4, 0.5) is 13.2 Å². The molecule has 0 heterocycles. The molecule has 13 heavy (non-hydrogen) atoms. The third-order valence-corrected chi connectivity index (χ3v) is 2.22. The molecule has 0 aliphatic rings. The Bertz CT molecular complexity index is 309. The van der Waals surface area contributed by atoms with Gasteiger partial charge >= 0.3 is 6.18 Å². The maximum Gasteiger partial charge on any atom is 0.416 e. The summed E-state index contributed by atoms with van der Waals surface area (Å²) in [7, 11) is 0. The van der Waals surface area contributed by atoms with E-state index in [0.717, 1.165) is 12.1 Å². The van der Waals surface area contributed by atoms with Gasteiger partial charge in [0.2, 0.25) is 0 Å². The van der Waals surface area contributed by atoms with Gasteiger partial charge in [0.1, 0.15) is 0 Å². The number of hydrogen-bond donors (Lipinski definition) is 0. The smallest absolute Gasteiger partial charge is 0.166 e. The normalized spacial score (nSPS) is 11.8. The molecule has 0 aromatic heterocycles. The average molecular weight is 226 g/mol. The van der Waals surface area contributed by atoms with E-state index in [1.807, 2.05) is 0 Å². The molecule has 5 heteroatoms. The average Bonchev–Trinajstić information content (AvgIpc) is 2.01. The van der Waals surface area contributed by atoms with E-state index < -0.39 is 11.7 Å². The van der Waals surface area contributed by atoms with Gasteiger partial charge in [0.15, 0.2) is 0 Å². The molecular formula is C8H5ClF3S. The minimum atomic E-state index is -4.34. The first-order chi connectivity index (χ1) is 5.93. The van der Waals surface area contributed by atoms with Crippen LogP contribution in [0.5, 0.6) is 0 Å². The lowest BCUT2D eigenvalue weighted by Crippen LogP contribution is -2.04. The van der Waals surface area contributed by atoms with E-state index in [9.17, 15) is 13.2 Å². The molecule has 1 aromatic carbocycles. The van der Waals surface area contributed by atoms with Gasteiger partial charge in [-0.05, 0) is 18.4 Å². The van der Waals surface area contributed by atoms with Crippen LogP contribution >= 0.6 is 23.4 Å². The molecule has 0 bridgehead atoms. The molecule has 0 saturated carbocycles. The molecule has 0 saturated heterocycles. The zero-order chi connectivity index (χ0) is 10.1. The van der Waals surface area contributed by atoms with Crippen LogP contribution in [0.25, 0.3) is 0 Å². The number of halogens is 4. The third-order valence-electron chi connectivity index (χ3n) is 1.36. The topological polar surface area (TPSA) is 0 Å². The summed E-state index contributed by atoms with van der Waals surface area (Å²) in [6.45, 7) is 0. The van der Waals surface area contributed by atoms with Gasteiger partial charge in [0, 0.05) is 11.0 Å². The molecule has 0 aliphatic heterocycles. The number of rotatable bonds is 1. The van der Waals surface area contributed by atoms with Crippen molar-refractivity contribution in [2.75, 3.05) is 6.26 Å². The van der Waals surface area contributed by atoms with Crippen LogP contribution in [0, 0.1) is 6.07 Å². The Morgan fingerprint density at radius 3 is 2.46 bits per heavy atom. The molecular weight excluding hydrogens is 221 g/mol. The molecule has 0 spiro atoms. The van der Waals surface area contributed by atoms with Crippen molar-refractivity contribution in [1.82, 2.24) is 0 Å². The first-order valence-corrected chi connectivity index (χ1v) is 4.88. The highest BCUT2D eigenvalue weighted by atomic mass is 35.5. The molecule has 0 fully saturated rings. The second kappa shape index (κ2) is 3.80. The standard InChI is InChI=1S/C8H5ClF3S/c1-13-7-3-5(8(10,11)12)2-6(9)4-7/h2-3H,1H3. The summed E-state index contributed by atoms with van der Waals surface area (Å²) >= 11 is 6.64. The fourth-order valence-corrected chi connectivity index (χ4v) is 1.52. The Morgan fingerprint density at radius 2 is 2.00 bits per heavy atom. The second-order valence-corrected chi connectivity index (χ2v) is 3.54. The molecule has 0 amide bonds. The molecule has 0 aliphatic carbocycles. The lowest BCUT2D eigenvalue weighted by atomic mass is 10.2. The Kier molecular flexibility index (Phi) is 3.14. The van der Waals surface area contributed by atoms with Gasteiger partial charge < -0.3 is 0 Å². The molecule has 1 aromatic rings. The van der Waals surface area contributed by atoms with Gasteiger partial charge in [-0.2, -0.15) is 13.2 Å². The van der Waals surface area contributed by atoms with Gasteiger partial charge in [-0.15, -0.1) is 11.8 Å². The Morgan fingerprint density at radius 1 is 1.38 bits per heavy atom. The van der Waals surface area contributed by atoms with Crippen molar-refractivity contribution in [1.29, 1.82) is 0 Å². The minimum absolute atomic E-state index is 0.0147. The van der Waals surface area contributed by atoms with Crippen LogP contribution in [-0.4, -0.2) is 6.26 Å². The van der Waals surface area contributed by atoms with Crippen molar-refractivity contribution in [3.05, 3.63) is 28.8 Å². The van der Waals surface area contributed by atoms with Gasteiger partial charge in [0.05, 0.1) is 10.6 Å². The quantitative estimate of drug-likeness (QED) is 0.654. The summed E-state index contributed by atoms with van der Waals surface area (Å²) in [5, 5.41) is -0.0147. The predicted octanol–water partition coefficient (Wildman–Crippen LogP) is 3.88. The largest absolute Gasteiger partial charge is 0.416 e. The number of thioether (sulfide) groups is 1. The first-order valence-electron chi connectivity index (χ1n) is 3.27. The Hall–Kier alpha value is -0.350. The van der Waals surface area contributed by atoms with Crippen LogP contribution in [-0.2, 0) is 6.18 Å². The van der Waals surface area contributed by atoms with Crippen LogP contribution in [0.15, 0.2) is 17.0 Å². The summed E-state index contributed by atoms with van der Waals surface area (Å²) in [6.07, 6.45) is -2.68. The zero-order valence-electron chi connectivity index (χ0n) is 6.57. The van der Waals surface area contributed by atoms with Crippen molar-refractivity contribution in [3.63, 3.8) is 0 Å². The van der Waals surface area contributed by atoms with Crippen molar-refractivity contribution < 1.29 is 13.2 Å². The maximum atomic E-state index is 12.2. The minimum Gasteiger partial charge on any atom is -0.166 e. The molecule has 1 rings (SSSR count). The summed E-state index contributed by atoms with van der Waals surface area (Å²) < 4.78 is 36.6. The van der Waals surface area contributed by atoms with E-state index in [-0.39, 0.29) is 5.02 Å². The summed E-state index contributed by atoms with van der Waals surface area (Å²) in [4.78, 5) is 0.389. The van der Waals surface area contributed by atoms with E-state index in [2.05, 4.69) is 6.07 Å². The van der Waals surface area contributed by atoms with E-state index in [1.54, 1.807) is 6.26 Å². The molecule has 0 N–H and O–H groups in total. The fraction of sp³-hybridized carbons (Fsp3) is 0.250. The van der Waals surface area contributed by atoms with Gasteiger partial charge in [-0.25, -0.2) is 0 Å². The van der Waals surface area contributed by atoms with Crippen molar-refractivity contribution in [2.45, 2.75) is 11.1 Å². The lowest BCUT2D eigenvalue weighted by Gasteiger charge is -2.07. The van der Waals surface area contributed by atoms with Crippen LogP contribution < -0.4 is 0 Å². The SMILES string of the molecule is CSc1[c]c(Cl)cc(C(F)(F)F)c1. The summed E-state index contributed by atoms with van der Waals surface area (Å²) in [5.74, 6) is 0. The van der Waals surface area contributed by atoms with E-state index in [0.29, 0.717) is 4.90 Å². The number of benzene rings is 1. The van der Waals surface area contributed by atoms with E-state index in [1.165, 1.54) is 11.8 Å². The highest BCUT2D eigenvalue weighted by Crippen LogP contribution is 2.33. The number of alkyl halides is 3. The third kappa shape index (κ3) is 2.81. The van der Waals surface area contributed by atoms with E-state index >= 15 is 0 Å². The monoisotopic (exact) mass is 225 g/mol. The van der Waals surface area contributed by atoms with Crippen molar-refractivity contribution in [2.24, 2.45) is 0 Å². The van der Waals surface area contributed by atoms with Crippen LogP contribution in [0.1, 0.15) is 5.56 Å².